The Labute approximate surface area is 316 Å². The van der Waals surface area contributed by atoms with Crippen molar-refractivity contribution >= 4 is 34.0 Å². The van der Waals surface area contributed by atoms with Gasteiger partial charge in [0, 0.05) is 29.3 Å². The normalized spacial score (nSPS) is 13.9. The number of hydrogen-bond donors (Lipinski definition) is 0. The Morgan fingerprint density at radius 3 is 1.28 bits per heavy atom. The van der Waals surface area contributed by atoms with Crippen LogP contribution in [-0.2, 0) is 12.8 Å². The van der Waals surface area contributed by atoms with E-state index < -0.39 is 11.6 Å². The van der Waals surface area contributed by atoms with Crippen molar-refractivity contribution in [2.45, 2.75) is 161 Å². The van der Waals surface area contributed by atoms with Crippen LogP contribution in [0.1, 0.15) is 141 Å². The van der Waals surface area contributed by atoms with Gasteiger partial charge in [-0.3, -0.25) is 0 Å². The lowest BCUT2D eigenvalue weighted by Crippen LogP contribution is -2.33. The highest BCUT2D eigenvalue weighted by atomic mass is 32.1. The molecule has 1 fully saturated rings. The molecule has 0 unspecified atom stereocenters. The fourth-order valence-electron chi connectivity index (χ4n) is 6.03. The summed E-state index contributed by atoms with van der Waals surface area (Å²) in [5.41, 5.74) is 8.72. The van der Waals surface area contributed by atoms with Crippen molar-refractivity contribution < 1.29 is 13.2 Å². The van der Waals surface area contributed by atoms with E-state index in [0.717, 1.165) is 21.2 Å². The molecule has 50 heavy (non-hydrogen) atoms. The van der Waals surface area contributed by atoms with E-state index in [4.69, 9.17) is 0 Å². The lowest BCUT2D eigenvalue weighted by atomic mass is 9.82. The Bertz CT molecular complexity index is 1550. The maximum Gasteiger partial charge on any atom is 0.394 e. The standard InChI is InChI=1S/C15H22.C11H15F3S.C11H18S.C7H10S/c1-11-9-15(10-12(2)13(11)3)14-7-5-4-6-8-14;1-7-5-9(15-8(7)2)6-10(3,4)11(12,13)14;1-8-6-10(12-9(8)2)7-11(3,4)5;1-5-4-6(2)8-7(5)3/h9-10,14H,4-8H2,1-3H3;5H,6H2,1-4H3;6H,7H2,1-5H3;4H,1-3H3. The van der Waals surface area contributed by atoms with Crippen LogP contribution in [0.2, 0.25) is 0 Å². The molecular formula is C44H65F3S3. The topological polar surface area (TPSA) is 0 Å². The van der Waals surface area contributed by atoms with Gasteiger partial charge in [-0.25, -0.2) is 0 Å². The highest BCUT2D eigenvalue weighted by Gasteiger charge is 2.47. The molecule has 0 radical (unpaired) electrons. The van der Waals surface area contributed by atoms with Crippen molar-refractivity contribution in [1.29, 1.82) is 0 Å². The highest BCUT2D eigenvalue weighted by molar-refractivity contribution is 7.12. The highest BCUT2D eigenvalue weighted by Crippen LogP contribution is 2.41. The van der Waals surface area contributed by atoms with Crippen molar-refractivity contribution in [3.63, 3.8) is 0 Å². The second-order valence-corrected chi connectivity index (χ2v) is 20.6. The van der Waals surface area contributed by atoms with E-state index in [1.54, 1.807) is 5.56 Å². The lowest BCUT2D eigenvalue weighted by Gasteiger charge is -2.26. The van der Waals surface area contributed by atoms with Crippen LogP contribution < -0.4 is 0 Å². The molecule has 4 aromatic rings. The van der Waals surface area contributed by atoms with Crippen molar-refractivity contribution in [3.05, 3.63) is 98.5 Å². The monoisotopic (exact) mass is 746 g/mol. The SMILES string of the molecule is Cc1cc(C)c(C)s1.Cc1cc(C2CCCCC2)cc(C)c1C.Cc1cc(CC(C)(C)C(F)(F)F)sc1C.Cc1cc(CC(C)(C)C)sc1C. The van der Waals surface area contributed by atoms with Gasteiger partial charge in [0.1, 0.15) is 0 Å². The molecule has 3 heterocycles. The largest absolute Gasteiger partial charge is 0.394 e. The summed E-state index contributed by atoms with van der Waals surface area (Å²) in [6.07, 6.45) is 4.23. The van der Waals surface area contributed by atoms with Crippen LogP contribution in [0, 0.1) is 80.1 Å². The molecule has 1 aliphatic rings. The van der Waals surface area contributed by atoms with Gasteiger partial charge < -0.3 is 0 Å². The number of alkyl halides is 3. The molecule has 0 atom stereocenters. The first kappa shape index (κ1) is 44.3. The first-order valence-corrected chi connectivity index (χ1v) is 20.6. The fraction of sp³-hybridized carbons (Fsp3) is 0.591. The van der Waals surface area contributed by atoms with Gasteiger partial charge in [0.15, 0.2) is 0 Å². The van der Waals surface area contributed by atoms with Crippen LogP contribution >= 0.6 is 34.0 Å². The summed E-state index contributed by atoms with van der Waals surface area (Å²) >= 11 is 5.27. The summed E-state index contributed by atoms with van der Waals surface area (Å²) in [7, 11) is 0. The molecule has 0 saturated heterocycles. The molecule has 1 aromatic carbocycles. The molecular weight excluding hydrogens is 682 g/mol. The quantitative estimate of drug-likeness (QED) is 0.195. The smallest absolute Gasteiger partial charge is 0.171 e. The minimum atomic E-state index is -4.14. The van der Waals surface area contributed by atoms with Crippen molar-refractivity contribution in [3.8, 4) is 0 Å². The number of rotatable bonds is 4. The third kappa shape index (κ3) is 14.3. The number of hydrogen-bond acceptors (Lipinski definition) is 3. The third-order valence-electron chi connectivity index (χ3n) is 9.84. The van der Waals surface area contributed by atoms with E-state index in [1.807, 2.05) is 42.6 Å². The number of thiophene rings is 3. The van der Waals surface area contributed by atoms with Crippen molar-refractivity contribution in [1.82, 2.24) is 0 Å². The lowest BCUT2D eigenvalue weighted by molar-refractivity contribution is -0.210. The van der Waals surface area contributed by atoms with Crippen molar-refractivity contribution in [2.75, 3.05) is 0 Å². The summed E-state index contributed by atoms with van der Waals surface area (Å²) in [5, 5.41) is 0. The maximum absolute atomic E-state index is 12.6. The van der Waals surface area contributed by atoms with Crippen LogP contribution in [0.5, 0.6) is 0 Å². The Kier molecular flexibility index (Phi) is 16.6. The van der Waals surface area contributed by atoms with E-state index in [-0.39, 0.29) is 6.42 Å². The molecule has 0 spiro atoms. The third-order valence-corrected chi connectivity index (χ3v) is 13.2. The number of aryl methyl sites for hydroxylation is 9. The Morgan fingerprint density at radius 2 is 0.960 bits per heavy atom. The predicted molar refractivity (Wildman–Crippen MR) is 219 cm³/mol. The zero-order chi connectivity index (χ0) is 38.2. The van der Waals surface area contributed by atoms with Gasteiger partial charge in [0.25, 0.3) is 0 Å². The van der Waals surface area contributed by atoms with Gasteiger partial charge in [-0.2, -0.15) is 13.2 Å². The minimum absolute atomic E-state index is 0.0653. The first-order chi connectivity index (χ1) is 22.9. The molecule has 0 nitrogen and oxygen atoms in total. The second kappa shape index (κ2) is 18.7. The van der Waals surface area contributed by atoms with E-state index in [0.29, 0.717) is 5.41 Å². The summed E-state index contributed by atoms with van der Waals surface area (Å²) < 4.78 is 37.9. The average Bonchev–Trinajstić information content (AvgIpc) is 3.58. The summed E-state index contributed by atoms with van der Waals surface area (Å²) in [6.45, 7) is 30.8. The van der Waals surface area contributed by atoms with Crippen LogP contribution in [-0.4, -0.2) is 6.18 Å². The molecule has 5 rings (SSSR count). The molecule has 1 aliphatic carbocycles. The van der Waals surface area contributed by atoms with Crippen LogP contribution in [0.15, 0.2) is 30.3 Å². The van der Waals surface area contributed by atoms with Gasteiger partial charge in [-0.15, -0.1) is 34.0 Å². The van der Waals surface area contributed by atoms with E-state index in [1.165, 1.54) is 111 Å². The van der Waals surface area contributed by atoms with Gasteiger partial charge in [0.05, 0.1) is 5.41 Å². The van der Waals surface area contributed by atoms with E-state index >= 15 is 0 Å². The molecule has 0 N–H and O–H groups in total. The van der Waals surface area contributed by atoms with Crippen LogP contribution in [0.3, 0.4) is 0 Å². The Balaban J connectivity index is 0.000000237. The van der Waals surface area contributed by atoms with Crippen molar-refractivity contribution in [2.24, 2.45) is 10.8 Å². The first-order valence-electron chi connectivity index (χ1n) is 18.2. The predicted octanol–water partition coefficient (Wildman–Crippen LogP) is 15.8. The number of benzene rings is 1. The molecule has 0 amide bonds. The minimum Gasteiger partial charge on any atom is -0.171 e. The van der Waals surface area contributed by atoms with Gasteiger partial charge >= 0.3 is 6.18 Å². The summed E-state index contributed by atoms with van der Waals surface area (Å²) in [4.78, 5) is 7.77. The van der Waals surface area contributed by atoms with E-state index in [9.17, 15) is 13.2 Å². The van der Waals surface area contributed by atoms with Gasteiger partial charge in [-0.05, 0) is 163 Å². The molecule has 280 valence electrons. The molecule has 0 aliphatic heterocycles. The van der Waals surface area contributed by atoms with Gasteiger partial charge in [0.2, 0.25) is 0 Å². The molecule has 6 heteroatoms. The van der Waals surface area contributed by atoms with Gasteiger partial charge in [-0.1, -0.05) is 66.0 Å². The zero-order valence-electron chi connectivity index (χ0n) is 33.8. The van der Waals surface area contributed by atoms with Crippen LogP contribution in [0.25, 0.3) is 0 Å². The second-order valence-electron chi connectivity index (χ2n) is 16.4. The fourth-order valence-corrected chi connectivity index (χ4v) is 9.61. The average molecular weight is 747 g/mol. The molecule has 0 bridgehead atoms. The molecule has 1 saturated carbocycles. The maximum atomic E-state index is 12.6. The van der Waals surface area contributed by atoms with E-state index in [2.05, 4.69) is 100 Å². The Morgan fingerprint density at radius 1 is 0.540 bits per heavy atom. The zero-order valence-corrected chi connectivity index (χ0v) is 36.2. The Hall–Kier alpha value is -1.89. The summed E-state index contributed by atoms with van der Waals surface area (Å²) in [5.74, 6) is 0.844. The number of halogens is 3. The van der Waals surface area contributed by atoms with Crippen LogP contribution in [0.4, 0.5) is 13.2 Å². The molecule has 3 aromatic heterocycles. The summed E-state index contributed by atoms with van der Waals surface area (Å²) in [6, 6.07) is 11.2.